The fourth-order valence-electron chi connectivity index (χ4n) is 5.50. The Morgan fingerprint density at radius 3 is 1.68 bits per heavy atom. The summed E-state index contributed by atoms with van der Waals surface area (Å²) in [6, 6.07) is 17.6. The van der Waals surface area contributed by atoms with Crippen LogP contribution in [0.15, 0.2) is 115 Å². The van der Waals surface area contributed by atoms with Crippen molar-refractivity contribution in [3.63, 3.8) is 0 Å². The van der Waals surface area contributed by atoms with Gasteiger partial charge in [0.25, 0.3) is 20.2 Å². The Bertz CT molecular complexity index is 2790. The van der Waals surface area contributed by atoms with Crippen molar-refractivity contribution in [3.05, 3.63) is 96.1 Å². The van der Waals surface area contributed by atoms with E-state index in [0.717, 1.165) is 24.3 Å². The molecule has 0 saturated carbocycles. The molecule has 0 unspecified atom stereocenters. The topological polar surface area (TPSA) is 251 Å². The molecule has 0 aliphatic rings. The average Bonchev–Trinajstić information content (AvgIpc) is 3.06. The van der Waals surface area contributed by atoms with Crippen LogP contribution in [0.2, 0.25) is 0 Å². The van der Waals surface area contributed by atoms with Gasteiger partial charge in [-0.2, -0.15) is 35.1 Å². The molecule has 0 bridgehead atoms. The molecule has 0 fully saturated rings. The highest BCUT2D eigenvalue weighted by atomic mass is 32.2. The normalized spacial score (nSPS) is 12.8. The number of halogens is 3. The predicted molar refractivity (Wildman–Crippen MR) is 190 cm³/mol. The molecule has 0 spiro atoms. The van der Waals surface area contributed by atoms with Gasteiger partial charge < -0.3 is 21.7 Å². The second-order valence-electron chi connectivity index (χ2n) is 11.7. The van der Waals surface area contributed by atoms with E-state index in [9.17, 15) is 49.3 Å². The minimum Gasteiger partial charge on any atom is -0.505 e. The Hall–Kier alpha value is -6.15. The van der Waals surface area contributed by atoms with Crippen LogP contribution < -0.4 is 11.5 Å². The summed E-state index contributed by atoms with van der Waals surface area (Å²) < 4.78 is 111. The van der Waals surface area contributed by atoms with Crippen molar-refractivity contribution < 1.29 is 49.3 Å². The van der Waals surface area contributed by atoms with Gasteiger partial charge in [-0.3, -0.25) is 9.11 Å². The van der Waals surface area contributed by atoms with Gasteiger partial charge in [0.05, 0.1) is 16.9 Å². The van der Waals surface area contributed by atoms with E-state index in [0.29, 0.717) is 5.56 Å². The summed E-state index contributed by atoms with van der Waals surface area (Å²) >= 11 is 0. The standard InChI is InChI=1S/C34H25F3N6O8S2/c1-16-10-17(3-8-26(16)40-42-31-28(52(46,47)48)13-19-2-5-22(39)15-24(19)33(31)45)18-4-9-27(25(12-18)34(35,36)37)41-43-30-29(53(49,50)51)14-20-11-21(38)6-7-23(20)32(30)44/h2-15,44-45H,38-39H2,1H3,(H,46,47,48)(H,49,50,51). The van der Waals surface area contributed by atoms with E-state index in [1.165, 1.54) is 60.7 Å². The number of rotatable bonds is 7. The van der Waals surface area contributed by atoms with Crippen molar-refractivity contribution in [1.29, 1.82) is 0 Å². The van der Waals surface area contributed by atoms with Gasteiger partial charge >= 0.3 is 6.18 Å². The molecule has 0 aromatic heterocycles. The number of phenols is 2. The van der Waals surface area contributed by atoms with Crippen LogP contribution >= 0.6 is 0 Å². The highest BCUT2D eigenvalue weighted by Gasteiger charge is 2.34. The quantitative estimate of drug-likeness (QED) is 0.0511. The minimum absolute atomic E-state index is 0.0448. The lowest BCUT2D eigenvalue weighted by Gasteiger charge is -2.13. The number of hydrogen-bond acceptors (Lipinski definition) is 12. The zero-order valence-corrected chi connectivity index (χ0v) is 28.5. The van der Waals surface area contributed by atoms with Crippen LogP contribution in [0, 0.1) is 6.92 Å². The minimum atomic E-state index is -5.04. The van der Waals surface area contributed by atoms with E-state index in [-0.39, 0.29) is 49.7 Å². The van der Waals surface area contributed by atoms with Gasteiger partial charge in [0, 0.05) is 22.1 Å². The molecule has 14 nitrogen and oxygen atoms in total. The molecule has 6 aromatic rings. The first kappa shape index (κ1) is 36.6. The number of hydrogen-bond donors (Lipinski definition) is 6. The first-order valence-electron chi connectivity index (χ1n) is 14.9. The van der Waals surface area contributed by atoms with E-state index < -0.39 is 70.3 Å². The smallest absolute Gasteiger partial charge is 0.418 e. The van der Waals surface area contributed by atoms with Crippen molar-refractivity contribution in [2.75, 3.05) is 11.5 Å². The summed E-state index contributed by atoms with van der Waals surface area (Å²) in [7, 11) is -9.92. The van der Waals surface area contributed by atoms with Gasteiger partial charge in [-0.15, -0.1) is 15.3 Å². The lowest BCUT2D eigenvalue weighted by atomic mass is 9.99. The summed E-state index contributed by atoms with van der Waals surface area (Å²) in [5.41, 5.74) is 9.44. The van der Waals surface area contributed by atoms with Crippen molar-refractivity contribution >= 4 is 75.9 Å². The highest BCUT2D eigenvalue weighted by molar-refractivity contribution is 7.86. The van der Waals surface area contributed by atoms with Crippen molar-refractivity contribution in [3.8, 4) is 22.6 Å². The fourth-order valence-corrected chi connectivity index (χ4v) is 6.82. The number of alkyl halides is 3. The van der Waals surface area contributed by atoms with Gasteiger partial charge in [-0.05, 0) is 101 Å². The largest absolute Gasteiger partial charge is 0.505 e. The molecular formula is C34H25F3N6O8S2. The van der Waals surface area contributed by atoms with Crippen LogP contribution in [0.1, 0.15) is 11.1 Å². The Balaban J connectivity index is 1.38. The fraction of sp³-hybridized carbons (Fsp3) is 0.0588. The van der Waals surface area contributed by atoms with E-state index in [4.69, 9.17) is 11.5 Å². The number of anilines is 2. The molecule has 272 valence electrons. The zero-order valence-electron chi connectivity index (χ0n) is 26.9. The number of nitrogens with zero attached hydrogens (tertiary/aromatic N) is 4. The number of nitrogen functional groups attached to an aromatic ring is 2. The third kappa shape index (κ3) is 7.31. The first-order chi connectivity index (χ1) is 24.7. The van der Waals surface area contributed by atoms with E-state index >= 15 is 0 Å². The molecule has 0 aliphatic heterocycles. The zero-order chi connectivity index (χ0) is 38.6. The molecule has 6 aromatic carbocycles. The molecule has 0 aliphatic carbocycles. The molecule has 53 heavy (non-hydrogen) atoms. The molecule has 0 saturated heterocycles. The van der Waals surface area contributed by atoms with E-state index in [1.807, 2.05) is 0 Å². The van der Waals surface area contributed by atoms with Crippen molar-refractivity contribution in [1.82, 2.24) is 0 Å². The number of phenolic OH excluding ortho intramolecular Hbond substituents is 2. The number of azo groups is 2. The van der Waals surface area contributed by atoms with Gasteiger partial charge in [0.1, 0.15) is 21.2 Å². The lowest BCUT2D eigenvalue weighted by molar-refractivity contribution is -0.137. The summed E-state index contributed by atoms with van der Waals surface area (Å²) in [4.78, 5) is -1.64. The van der Waals surface area contributed by atoms with Gasteiger partial charge in [0.15, 0.2) is 11.5 Å². The SMILES string of the molecule is Cc1cc(-c2ccc(N=Nc3c(S(=O)(=O)O)cc4cc(N)ccc4c3O)c(C(F)(F)F)c2)ccc1N=Nc1c(S(=O)(=O)O)cc2ccc(N)cc2c1O. The van der Waals surface area contributed by atoms with Crippen LogP contribution in [0.25, 0.3) is 32.7 Å². The third-order valence-electron chi connectivity index (χ3n) is 8.06. The third-order valence-corrected chi connectivity index (χ3v) is 9.79. The molecule has 6 rings (SSSR count). The van der Waals surface area contributed by atoms with Gasteiger partial charge in [-0.25, -0.2) is 0 Å². The van der Waals surface area contributed by atoms with E-state index in [2.05, 4.69) is 20.5 Å². The Kier molecular flexibility index (Phi) is 9.07. The second-order valence-corrected chi connectivity index (χ2v) is 14.5. The Morgan fingerprint density at radius 1 is 0.585 bits per heavy atom. The molecule has 0 radical (unpaired) electrons. The van der Waals surface area contributed by atoms with Crippen LogP contribution in [0.4, 0.5) is 47.3 Å². The van der Waals surface area contributed by atoms with Crippen molar-refractivity contribution in [2.45, 2.75) is 22.9 Å². The van der Waals surface area contributed by atoms with Crippen LogP contribution in [-0.4, -0.2) is 36.2 Å². The van der Waals surface area contributed by atoms with Gasteiger partial charge in [0.2, 0.25) is 0 Å². The Labute approximate surface area is 298 Å². The first-order valence-corrected chi connectivity index (χ1v) is 17.8. The summed E-state index contributed by atoms with van der Waals surface area (Å²) in [6.07, 6.45) is -4.99. The highest BCUT2D eigenvalue weighted by Crippen LogP contribution is 2.45. The maximum absolute atomic E-state index is 14.3. The number of benzene rings is 6. The van der Waals surface area contributed by atoms with E-state index in [1.54, 1.807) is 6.92 Å². The summed E-state index contributed by atoms with van der Waals surface area (Å²) in [5, 5.41) is 37.3. The number of aromatic hydroxyl groups is 2. The molecule has 8 N–H and O–H groups in total. The molecule has 0 atom stereocenters. The summed E-state index contributed by atoms with van der Waals surface area (Å²) in [6.45, 7) is 1.55. The van der Waals surface area contributed by atoms with Gasteiger partial charge in [-0.1, -0.05) is 18.2 Å². The van der Waals surface area contributed by atoms with Crippen LogP contribution in [-0.2, 0) is 26.4 Å². The molecular weight excluding hydrogens is 742 g/mol. The predicted octanol–water partition coefficient (Wildman–Crippen LogP) is 8.89. The number of nitrogens with two attached hydrogens (primary N) is 2. The van der Waals surface area contributed by atoms with Crippen LogP contribution in [0.3, 0.4) is 0 Å². The molecule has 0 heterocycles. The average molecular weight is 767 g/mol. The Morgan fingerprint density at radius 2 is 1.09 bits per heavy atom. The molecule has 0 amide bonds. The maximum atomic E-state index is 14.3. The number of fused-ring (bicyclic) bond motifs is 2. The monoisotopic (exact) mass is 766 g/mol. The number of aryl methyl sites for hydroxylation is 1. The second kappa shape index (κ2) is 13.1. The lowest BCUT2D eigenvalue weighted by Crippen LogP contribution is -2.05. The van der Waals surface area contributed by atoms with Crippen LogP contribution in [0.5, 0.6) is 11.5 Å². The van der Waals surface area contributed by atoms with Crippen molar-refractivity contribution in [2.24, 2.45) is 20.5 Å². The molecule has 19 heteroatoms. The summed E-state index contributed by atoms with van der Waals surface area (Å²) in [5.74, 6) is -1.39. The maximum Gasteiger partial charge on any atom is 0.418 e.